The summed E-state index contributed by atoms with van der Waals surface area (Å²) in [6, 6.07) is 10.9. The van der Waals surface area contributed by atoms with E-state index in [1.165, 1.54) is 11.3 Å². The van der Waals surface area contributed by atoms with Gasteiger partial charge in [0, 0.05) is 0 Å². The van der Waals surface area contributed by atoms with Crippen LogP contribution in [0.4, 0.5) is 0 Å². The van der Waals surface area contributed by atoms with Gasteiger partial charge in [-0.3, -0.25) is 4.79 Å². The van der Waals surface area contributed by atoms with Gasteiger partial charge in [0.25, 0.3) is 11.8 Å². The van der Waals surface area contributed by atoms with Crippen molar-refractivity contribution in [1.82, 2.24) is 10.2 Å². The second-order valence-corrected chi connectivity index (χ2v) is 6.28. The summed E-state index contributed by atoms with van der Waals surface area (Å²) in [5.41, 5.74) is 0. The minimum atomic E-state index is -0.621. The number of carbonyl (C=O) groups is 1. The van der Waals surface area contributed by atoms with Gasteiger partial charge in [-0.25, -0.2) is 0 Å². The van der Waals surface area contributed by atoms with Crippen LogP contribution >= 0.6 is 11.3 Å². The molecule has 3 rings (SSSR count). The van der Waals surface area contributed by atoms with Gasteiger partial charge in [0.15, 0.2) is 6.10 Å². The highest BCUT2D eigenvalue weighted by Crippen LogP contribution is 2.26. The van der Waals surface area contributed by atoms with E-state index >= 15 is 0 Å². The summed E-state index contributed by atoms with van der Waals surface area (Å²) >= 11 is 1.50. The Kier molecular flexibility index (Phi) is 5.85. The number of aromatic nitrogens is 2. The van der Waals surface area contributed by atoms with Gasteiger partial charge in [-0.15, -0.1) is 21.5 Å². The molecule has 0 fully saturated rings. The lowest BCUT2D eigenvalue weighted by Crippen LogP contribution is -2.12. The SMILES string of the molecule is COc1ccc(OCCC(=O)OC(C)c2nnc(-c3cccs3)o2)cc1. The van der Waals surface area contributed by atoms with Gasteiger partial charge in [-0.05, 0) is 42.6 Å². The Morgan fingerprint density at radius 1 is 1.19 bits per heavy atom. The number of carbonyl (C=O) groups excluding carboxylic acids is 1. The highest BCUT2D eigenvalue weighted by atomic mass is 32.1. The molecule has 1 unspecified atom stereocenters. The largest absolute Gasteiger partial charge is 0.497 e. The van der Waals surface area contributed by atoms with Crippen molar-refractivity contribution in [3.63, 3.8) is 0 Å². The Morgan fingerprint density at radius 3 is 2.65 bits per heavy atom. The van der Waals surface area contributed by atoms with Gasteiger partial charge >= 0.3 is 5.97 Å². The smallest absolute Gasteiger partial charge is 0.310 e. The number of ether oxygens (including phenoxy) is 3. The molecule has 0 aliphatic rings. The second kappa shape index (κ2) is 8.48. The van der Waals surface area contributed by atoms with E-state index in [4.69, 9.17) is 18.6 Å². The molecule has 1 aromatic carbocycles. The third-order valence-corrected chi connectivity index (χ3v) is 4.32. The van der Waals surface area contributed by atoms with Crippen molar-refractivity contribution < 1.29 is 23.4 Å². The number of hydrogen-bond donors (Lipinski definition) is 0. The number of thiophene rings is 1. The molecular weight excluding hydrogens is 356 g/mol. The maximum absolute atomic E-state index is 11.9. The predicted molar refractivity (Wildman–Crippen MR) is 95.2 cm³/mol. The molecule has 2 heterocycles. The van der Waals surface area contributed by atoms with E-state index in [0.717, 1.165) is 10.6 Å². The van der Waals surface area contributed by atoms with E-state index in [9.17, 15) is 4.79 Å². The van der Waals surface area contributed by atoms with Crippen molar-refractivity contribution in [2.24, 2.45) is 0 Å². The van der Waals surface area contributed by atoms with Crippen LogP contribution in [0.1, 0.15) is 25.3 Å². The zero-order chi connectivity index (χ0) is 18.4. The summed E-state index contributed by atoms with van der Waals surface area (Å²) in [6.45, 7) is 1.90. The fourth-order valence-electron chi connectivity index (χ4n) is 2.13. The van der Waals surface area contributed by atoms with Crippen molar-refractivity contribution in [3.05, 3.63) is 47.7 Å². The fraction of sp³-hybridized carbons (Fsp3) is 0.278. The van der Waals surface area contributed by atoms with Gasteiger partial charge in [0.05, 0.1) is 25.0 Å². The Hall–Kier alpha value is -2.87. The minimum Gasteiger partial charge on any atom is -0.497 e. The third-order valence-electron chi connectivity index (χ3n) is 3.46. The molecule has 0 saturated carbocycles. The fourth-order valence-corrected chi connectivity index (χ4v) is 2.77. The zero-order valence-electron chi connectivity index (χ0n) is 14.4. The lowest BCUT2D eigenvalue weighted by molar-refractivity contribution is -0.150. The number of esters is 1. The number of hydrogen-bond acceptors (Lipinski definition) is 8. The van der Waals surface area contributed by atoms with Gasteiger partial charge in [-0.2, -0.15) is 0 Å². The average molecular weight is 374 g/mol. The monoisotopic (exact) mass is 374 g/mol. The quantitative estimate of drug-likeness (QED) is 0.553. The highest BCUT2D eigenvalue weighted by Gasteiger charge is 2.19. The molecule has 2 aromatic heterocycles. The topological polar surface area (TPSA) is 83.7 Å². The maximum Gasteiger partial charge on any atom is 0.310 e. The molecule has 0 radical (unpaired) electrons. The molecule has 3 aromatic rings. The van der Waals surface area contributed by atoms with Crippen LogP contribution in [0.3, 0.4) is 0 Å². The summed E-state index contributed by atoms with van der Waals surface area (Å²) in [4.78, 5) is 12.8. The van der Waals surface area contributed by atoms with E-state index < -0.39 is 12.1 Å². The van der Waals surface area contributed by atoms with Crippen LogP contribution in [-0.2, 0) is 9.53 Å². The van der Waals surface area contributed by atoms with Crippen LogP contribution in [0.25, 0.3) is 10.8 Å². The van der Waals surface area contributed by atoms with E-state index in [-0.39, 0.29) is 18.9 Å². The first-order valence-corrected chi connectivity index (χ1v) is 8.87. The zero-order valence-corrected chi connectivity index (χ0v) is 15.2. The lowest BCUT2D eigenvalue weighted by atomic mass is 10.3. The summed E-state index contributed by atoms with van der Waals surface area (Å²) < 4.78 is 21.4. The summed E-state index contributed by atoms with van der Waals surface area (Å²) in [7, 11) is 1.60. The normalized spacial score (nSPS) is 11.8. The van der Waals surface area contributed by atoms with Crippen LogP contribution in [0.2, 0.25) is 0 Å². The molecule has 26 heavy (non-hydrogen) atoms. The molecule has 0 N–H and O–H groups in total. The molecule has 1 atom stereocenters. The van der Waals surface area contributed by atoms with Crippen LogP contribution in [0.5, 0.6) is 11.5 Å². The molecule has 0 saturated heterocycles. The van der Waals surface area contributed by atoms with Crippen LogP contribution in [-0.4, -0.2) is 29.9 Å². The molecular formula is C18H18N2O5S. The predicted octanol–water partition coefficient (Wildman–Crippen LogP) is 3.88. The van der Waals surface area contributed by atoms with Crippen LogP contribution < -0.4 is 9.47 Å². The first-order chi connectivity index (χ1) is 12.7. The van der Waals surface area contributed by atoms with Crippen LogP contribution in [0, 0.1) is 0 Å². The summed E-state index contributed by atoms with van der Waals surface area (Å²) in [6.07, 6.45) is -0.507. The standard InChI is InChI=1S/C18H18N2O5S/c1-12(17-19-20-18(25-17)15-4-3-11-26-15)24-16(21)9-10-23-14-7-5-13(22-2)6-8-14/h3-8,11-12H,9-10H2,1-2H3. The Labute approximate surface area is 154 Å². The van der Waals surface area contributed by atoms with Gasteiger partial charge < -0.3 is 18.6 Å². The molecule has 0 spiro atoms. The van der Waals surface area contributed by atoms with Crippen molar-refractivity contribution >= 4 is 17.3 Å². The average Bonchev–Trinajstić information content (AvgIpc) is 3.33. The van der Waals surface area contributed by atoms with Crippen molar-refractivity contribution in [2.75, 3.05) is 13.7 Å². The number of methoxy groups -OCH3 is 1. The first-order valence-electron chi connectivity index (χ1n) is 7.99. The van der Waals surface area contributed by atoms with Crippen molar-refractivity contribution in [2.45, 2.75) is 19.4 Å². The van der Waals surface area contributed by atoms with Gasteiger partial charge in [-0.1, -0.05) is 6.07 Å². The van der Waals surface area contributed by atoms with E-state index in [2.05, 4.69) is 10.2 Å². The Balaban J connectivity index is 1.45. The van der Waals surface area contributed by atoms with E-state index in [1.807, 2.05) is 17.5 Å². The molecule has 0 aliphatic heterocycles. The van der Waals surface area contributed by atoms with Crippen LogP contribution in [0.15, 0.2) is 46.2 Å². The Bertz CT molecular complexity index is 830. The third kappa shape index (κ3) is 4.60. The molecule has 7 nitrogen and oxygen atoms in total. The van der Waals surface area contributed by atoms with Gasteiger partial charge in [0.2, 0.25) is 0 Å². The maximum atomic E-state index is 11.9. The van der Waals surface area contributed by atoms with E-state index in [0.29, 0.717) is 11.6 Å². The molecule has 0 amide bonds. The summed E-state index contributed by atoms with van der Waals surface area (Å²) in [5, 5.41) is 9.83. The molecule has 0 bridgehead atoms. The molecule has 0 aliphatic carbocycles. The number of nitrogens with zero attached hydrogens (tertiary/aromatic N) is 2. The van der Waals surface area contributed by atoms with E-state index in [1.54, 1.807) is 38.3 Å². The first kappa shape index (κ1) is 17.9. The highest BCUT2D eigenvalue weighted by molar-refractivity contribution is 7.13. The van der Waals surface area contributed by atoms with Crippen molar-refractivity contribution in [3.8, 4) is 22.3 Å². The van der Waals surface area contributed by atoms with Gasteiger partial charge in [0.1, 0.15) is 11.5 Å². The number of benzene rings is 1. The van der Waals surface area contributed by atoms with Crippen molar-refractivity contribution in [1.29, 1.82) is 0 Å². The second-order valence-electron chi connectivity index (χ2n) is 5.33. The summed E-state index contributed by atoms with van der Waals surface area (Å²) in [5.74, 6) is 1.68. The number of rotatable bonds is 8. The lowest BCUT2D eigenvalue weighted by Gasteiger charge is -2.10. The molecule has 8 heteroatoms. The minimum absolute atomic E-state index is 0.113. The Morgan fingerprint density at radius 2 is 1.96 bits per heavy atom. The molecule has 136 valence electrons.